The van der Waals surface area contributed by atoms with Gasteiger partial charge in [-0.25, -0.2) is 0 Å². The zero-order chi connectivity index (χ0) is 12.6. The minimum absolute atomic E-state index is 0.153. The van der Waals surface area contributed by atoms with E-state index in [1.807, 2.05) is 13.8 Å². The van der Waals surface area contributed by atoms with E-state index in [4.69, 9.17) is 18.0 Å². The lowest BCUT2D eigenvalue weighted by Gasteiger charge is -2.21. The van der Waals surface area contributed by atoms with Gasteiger partial charge < -0.3 is 11.1 Å². The maximum absolute atomic E-state index is 12.2. The molecular formula is C13H22N2OS. The highest BCUT2D eigenvalue weighted by molar-refractivity contribution is 7.80. The molecule has 0 bridgehead atoms. The highest BCUT2D eigenvalue weighted by Gasteiger charge is 2.54. The summed E-state index contributed by atoms with van der Waals surface area (Å²) in [6.45, 7) is 4.06. The number of fused-ring (bicyclic) bond motifs is 1. The van der Waals surface area contributed by atoms with Gasteiger partial charge in [-0.15, -0.1) is 0 Å². The van der Waals surface area contributed by atoms with Gasteiger partial charge >= 0.3 is 0 Å². The normalized spacial score (nSPS) is 32.8. The van der Waals surface area contributed by atoms with Crippen LogP contribution in [0.5, 0.6) is 0 Å². The molecule has 3 unspecified atom stereocenters. The maximum Gasteiger partial charge on any atom is 0.224 e. The molecule has 17 heavy (non-hydrogen) atoms. The molecule has 3 nitrogen and oxygen atoms in total. The molecule has 0 aromatic heterocycles. The van der Waals surface area contributed by atoms with Gasteiger partial charge in [-0.05, 0) is 30.6 Å². The number of carbonyl (C=O) groups is 1. The fraction of sp³-hybridized carbons (Fsp3) is 0.846. The van der Waals surface area contributed by atoms with Gasteiger partial charge in [-0.2, -0.15) is 0 Å². The van der Waals surface area contributed by atoms with Gasteiger partial charge in [0, 0.05) is 5.92 Å². The molecule has 2 rings (SSSR count). The monoisotopic (exact) mass is 254 g/mol. The van der Waals surface area contributed by atoms with Crippen molar-refractivity contribution in [1.82, 2.24) is 5.32 Å². The van der Waals surface area contributed by atoms with Crippen LogP contribution in [0.1, 0.15) is 39.5 Å². The third kappa shape index (κ3) is 2.62. The van der Waals surface area contributed by atoms with E-state index in [2.05, 4.69) is 5.32 Å². The molecule has 2 fully saturated rings. The Morgan fingerprint density at radius 3 is 2.24 bits per heavy atom. The van der Waals surface area contributed by atoms with Crippen LogP contribution in [0.3, 0.4) is 0 Å². The first kappa shape index (κ1) is 12.8. The van der Waals surface area contributed by atoms with Gasteiger partial charge in [-0.3, -0.25) is 4.79 Å². The van der Waals surface area contributed by atoms with E-state index < -0.39 is 0 Å². The molecule has 0 aromatic rings. The average molecular weight is 254 g/mol. The fourth-order valence-electron chi connectivity index (χ4n) is 3.20. The predicted molar refractivity (Wildman–Crippen MR) is 72.5 cm³/mol. The molecule has 96 valence electrons. The van der Waals surface area contributed by atoms with Crippen LogP contribution in [0, 0.1) is 23.7 Å². The van der Waals surface area contributed by atoms with Crippen LogP contribution >= 0.6 is 12.2 Å². The van der Waals surface area contributed by atoms with Crippen molar-refractivity contribution >= 4 is 23.1 Å². The van der Waals surface area contributed by atoms with Crippen molar-refractivity contribution in [3.8, 4) is 0 Å². The van der Waals surface area contributed by atoms with Crippen LogP contribution in [0.15, 0.2) is 0 Å². The van der Waals surface area contributed by atoms with E-state index in [9.17, 15) is 4.79 Å². The van der Waals surface area contributed by atoms with Crippen LogP contribution in [0.2, 0.25) is 0 Å². The van der Waals surface area contributed by atoms with Crippen LogP contribution in [-0.2, 0) is 4.79 Å². The van der Waals surface area contributed by atoms with Crippen molar-refractivity contribution in [2.45, 2.75) is 45.6 Å². The van der Waals surface area contributed by atoms with E-state index in [0.717, 1.165) is 0 Å². The number of nitrogens with two attached hydrogens (primary N) is 1. The quantitative estimate of drug-likeness (QED) is 0.753. The Balaban J connectivity index is 1.91. The van der Waals surface area contributed by atoms with Gasteiger partial charge in [0.15, 0.2) is 0 Å². The third-order valence-corrected chi connectivity index (χ3v) is 4.48. The average Bonchev–Trinajstić information content (AvgIpc) is 2.98. The number of hydrogen-bond donors (Lipinski definition) is 2. The number of carbonyl (C=O) groups excluding carboxylic acids is 1. The van der Waals surface area contributed by atoms with Crippen molar-refractivity contribution in [3.63, 3.8) is 0 Å². The van der Waals surface area contributed by atoms with Crippen molar-refractivity contribution in [1.29, 1.82) is 0 Å². The number of hydrogen-bond acceptors (Lipinski definition) is 2. The van der Waals surface area contributed by atoms with E-state index in [1.54, 1.807) is 0 Å². The van der Waals surface area contributed by atoms with Gasteiger partial charge in [0.25, 0.3) is 0 Å². The zero-order valence-corrected chi connectivity index (χ0v) is 11.4. The second-order valence-electron chi connectivity index (χ2n) is 5.77. The molecule has 3 atom stereocenters. The second kappa shape index (κ2) is 4.92. The molecule has 2 saturated carbocycles. The van der Waals surface area contributed by atoms with E-state index >= 15 is 0 Å². The number of amides is 1. The van der Waals surface area contributed by atoms with Crippen molar-refractivity contribution < 1.29 is 4.79 Å². The van der Waals surface area contributed by atoms with E-state index in [0.29, 0.717) is 16.8 Å². The Morgan fingerprint density at radius 2 is 1.82 bits per heavy atom. The van der Waals surface area contributed by atoms with Gasteiger partial charge in [0.2, 0.25) is 5.91 Å². The van der Waals surface area contributed by atoms with Crippen molar-refractivity contribution in [2.75, 3.05) is 0 Å². The summed E-state index contributed by atoms with van der Waals surface area (Å²) in [6, 6.07) is -0.153. The minimum atomic E-state index is -0.153. The van der Waals surface area contributed by atoms with E-state index in [-0.39, 0.29) is 23.8 Å². The summed E-state index contributed by atoms with van der Waals surface area (Å²) < 4.78 is 0. The molecular weight excluding hydrogens is 232 g/mol. The van der Waals surface area contributed by atoms with Crippen molar-refractivity contribution in [3.05, 3.63) is 0 Å². The lowest BCUT2D eigenvalue weighted by atomic mass is 10.0. The number of nitrogens with one attached hydrogen (secondary N) is 1. The minimum Gasteiger partial charge on any atom is -0.392 e. The first-order valence-electron chi connectivity index (χ1n) is 6.62. The molecule has 0 aliphatic heterocycles. The molecule has 1 amide bonds. The number of rotatable bonds is 4. The molecule has 0 saturated heterocycles. The Kier molecular flexibility index (Phi) is 3.71. The fourth-order valence-corrected chi connectivity index (χ4v) is 3.53. The Labute approximate surface area is 109 Å². The Bertz CT molecular complexity index is 317. The van der Waals surface area contributed by atoms with Crippen LogP contribution in [0.4, 0.5) is 0 Å². The molecule has 2 aliphatic rings. The van der Waals surface area contributed by atoms with Crippen molar-refractivity contribution in [2.24, 2.45) is 29.4 Å². The van der Waals surface area contributed by atoms with Crippen LogP contribution in [-0.4, -0.2) is 16.9 Å². The molecule has 0 spiro atoms. The Hall–Kier alpha value is -0.640. The van der Waals surface area contributed by atoms with Crippen LogP contribution in [0.25, 0.3) is 0 Å². The predicted octanol–water partition coefficient (Wildman–Crippen LogP) is 1.85. The van der Waals surface area contributed by atoms with Gasteiger partial charge in [0.1, 0.15) is 0 Å². The summed E-state index contributed by atoms with van der Waals surface area (Å²) in [5, 5.41) is 3.03. The first-order chi connectivity index (χ1) is 8.02. The Morgan fingerprint density at radius 1 is 1.29 bits per heavy atom. The molecule has 0 aromatic carbocycles. The number of thiocarbonyl (C=S) groups is 1. The lowest BCUT2D eigenvalue weighted by Crippen LogP contribution is -2.47. The van der Waals surface area contributed by atoms with E-state index in [1.165, 1.54) is 25.7 Å². The topological polar surface area (TPSA) is 55.1 Å². The summed E-state index contributed by atoms with van der Waals surface area (Å²) in [6.07, 6.45) is 5.02. The molecule has 0 radical (unpaired) electrons. The van der Waals surface area contributed by atoms with Gasteiger partial charge in [0.05, 0.1) is 11.0 Å². The smallest absolute Gasteiger partial charge is 0.224 e. The van der Waals surface area contributed by atoms with Crippen LogP contribution < -0.4 is 11.1 Å². The lowest BCUT2D eigenvalue weighted by molar-refractivity contribution is -0.123. The summed E-state index contributed by atoms with van der Waals surface area (Å²) in [7, 11) is 0. The first-order valence-corrected chi connectivity index (χ1v) is 7.03. The summed E-state index contributed by atoms with van der Waals surface area (Å²) in [5.41, 5.74) is 5.67. The zero-order valence-electron chi connectivity index (χ0n) is 10.6. The SMILES string of the molecule is CC(C)C(NC(=O)C1C2CCCCC21)C(N)=S. The highest BCUT2D eigenvalue weighted by Crippen LogP contribution is 2.55. The molecule has 3 N–H and O–H groups in total. The van der Waals surface area contributed by atoms with Gasteiger partial charge in [-0.1, -0.05) is 38.9 Å². The standard InChI is InChI=1S/C13H22N2OS/c1-7(2)11(12(14)17)15-13(16)10-8-5-3-4-6-9(8)10/h7-11H,3-6H2,1-2H3,(H2,14,17)(H,15,16). The second-order valence-corrected chi connectivity index (χ2v) is 6.24. The molecule has 4 heteroatoms. The summed E-state index contributed by atoms with van der Waals surface area (Å²) in [4.78, 5) is 12.6. The third-order valence-electron chi connectivity index (χ3n) is 4.23. The largest absolute Gasteiger partial charge is 0.392 e. The summed E-state index contributed by atoms with van der Waals surface area (Å²) >= 11 is 5.01. The highest BCUT2D eigenvalue weighted by atomic mass is 32.1. The molecule has 0 heterocycles. The molecule has 2 aliphatic carbocycles. The maximum atomic E-state index is 12.2. The summed E-state index contributed by atoms with van der Waals surface area (Å²) in [5.74, 6) is 1.96.